The zero-order chi connectivity index (χ0) is 34.2. The van der Waals surface area contributed by atoms with E-state index in [0.29, 0.717) is 0 Å². The van der Waals surface area contributed by atoms with Gasteiger partial charge in [0.1, 0.15) is 22.7 Å². The second-order valence-corrected chi connectivity index (χ2v) is 17.4. The molecule has 4 heteroatoms. The Morgan fingerprint density at radius 2 is 1.04 bits per heavy atom. The Morgan fingerprint density at radius 1 is 0.423 bits per heavy atom. The maximum Gasteiger partial charge on any atom is 0.188 e. The summed E-state index contributed by atoms with van der Waals surface area (Å²) >= 11 is 0. The molecule has 0 fully saturated rings. The van der Waals surface area contributed by atoms with Crippen molar-refractivity contribution in [2.75, 3.05) is 0 Å². The van der Waals surface area contributed by atoms with Crippen molar-refractivity contribution in [2.24, 2.45) is 0 Å². The van der Waals surface area contributed by atoms with Crippen LogP contribution in [-0.4, -0.2) is 12.6 Å². The number of hydrogen-bond acceptors (Lipinski definition) is 2. The third-order valence-corrected chi connectivity index (χ3v) is 15.8. The Hall–Kier alpha value is -6.62. The number of furan rings is 1. The fourth-order valence-corrected chi connectivity index (χ4v) is 13.7. The zero-order valence-electron chi connectivity index (χ0n) is 28.2. The second kappa shape index (κ2) is 11.2. The lowest BCUT2D eigenvalue weighted by atomic mass is 10.0. The summed E-state index contributed by atoms with van der Waals surface area (Å²) in [5.41, 5.74) is 7.44. The highest BCUT2D eigenvalue weighted by Crippen LogP contribution is 2.40. The molecule has 3 nitrogen and oxygen atoms in total. The highest BCUT2D eigenvalue weighted by molar-refractivity contribution is 7.20. The topological polar surface area (TPSA) is 27.3 Å². The Balaban J connectivity index is 1.13. The molecule has 3 heterocycles. The number of rotatable bonds is 4. The first-order valence-corrected chi connectivity index (χ1v) is 19.8. The Morgan fingerprint density at radius 3 is 1.77 bits per heavy atom. The van der Waals surface area contributed by atoms with E-state index in [2.05, 4.69) is 193 Å². The van der Waals surface area contributed by atoms with Gasteiger partial charge in [-0.05, 0) is 68.8 Å². The molecule has 0 radical (unpaired) electrons. The van der Waals surface area contributed by atoms with E-state index in [1.54, 1.807) is 0 Å². The van der Waals surface area contributed by atoms with E-state index in [9.17, 15) is 0 Å². The lowest BCUT2D eigenvalue weighted by Gasteiger charge is -2.39. The maximum atomic E-state index is 6.78. The summed E-state index contributed by atoms with van der Waals surface area (Å²) in [6.07, 6.45) is 0. The van der Waals surface area contributed by atoms with Gasteiger partial charge in [-0.3, -0.25) is 0 Å². The van der Waals surface area contributed by atoms with Crippen LogP contribution in [0.1, 0.15) is 0 Å². The quantitative estimate of drug-likeness (QED) is 0.173. The van der Waals surface area contributed by atoms with Gasteiger partial charge in [0.15, 0.2) is 8.07 Å². The van der Waals surface area contributed by atoms with Crippen LogP contribution in [0.25, 0.3) is 60.6 Å². The number of benzene rings is 8. The summed E-state index contributed by atoms with van der Waals surface area (Å²) in [5.74, 6) is 1.84. The van der Waals surface area contributed by atoms with Crippen molar-refractivity contribution >= 4 is 72.6 Å². The van der Waals surface area contributed by atoms with Crippen molar-refractivity contribution < 1.29 is 9.15 Å². The van der Waals surface area contributed by atoms with Crippen molar-refractivity contribution in [2.45, 2.75) is 0 Å². The number of aromatic nitrogens is 1. The molecule has 0 bridgehead atoms. The summed E-state index contributed by atoms with van der Waals surface area (Å²) in [5, 5.41) is 9.86. The van der Waals surface area contributed by atoms with Crippen LogP contribution in [0.5, 0.6) is 11.5 Å². The fourth-order valence-electron chi connectivity index (χ4n) is 8.73. The zero-order valence-corrected chi connectivity index (χ0v) is 29.2. The van der Waals surface area contributed by atoms with E-state index in [-0.39, 0.29) is 0 Å². The van der Waals surface area contributed by atoms with Gasteiger partial charge in [-0.1, -0.05) is 146 Å². The monoisotopic (exact) mass is 681 g/mol. The average Bonchev–Trinajstić information content (AvgIpc) is 3.76. The highest BCUT2D eigenvalue weighted by atomic mass is 28.3. The third kappa shape index (κ3) is 4.07. The van der Waals surface area contributed by atoms with Gasteiger partial charge < -0.3 is 13.7 Å². The Bertz CT molecular complexity index is 2900. The van der Waals surface area contributed by atoms with E-state index in [1.807, 2.05) is 0 Å². The molecular weight excluding hydrogens is 651 g/mol. The second-order valence-electron chi connectivity index (χ2n) is 13.6. The summed E-state index contributed by atoms with van der Waals surface area (Å²) in [6.45, 7) is 0. The first-order valence-electron chi connectivity index (χ1n) is 17.8. The van der Waals surface area contributed by atoms with Crippen LogP contribution in [-0.2, 0) is 0 Å². The predicted molar refractivity (Wildman–Crippen MR) is 217 cm³/mol. The molecule has 8 aromatic carbocycles. The number of hydrogen-bond donors (Lipinski definition) is 0. The standard InChI is InChI=1S/C48H31NO2Si/c1-3-14-34(15-4-1)52(35-16-5-2-6-17-35)46-25-12-11-24-44(46)50-45-28-26-32(30-47(45)52)36-20-13-21-39-40-31-33(27-29-43(40)51-48(36)39)49-41-22-9-7-18-37(41)38-19-8-10-23-42(38)49/h1-31H. The Labute approximate surface area is 301 Å². The number of nitrogens with zero attached hydrogens (tertiary/aromatic N) is 1. The van der Waals surface area contributed by atoms with Crippen molar-refractivity contribution in [3.05, 3.63) is 188 Å². The van der Waals surface area contributed by atoms with Gasteiger partial charge in [-0.15, -0.1) is 0 Å². The molecule has 52 heavy (non-hydrogen) atoms. The molecule has 10 aromatic rings. The maximum absolute atomic E-state index is 6.78. The molecule has 0 unspecified atom stereocenters. The molecule has 0 saturated carbocycles. The van der Waals surface area contributed by atoms with E-state index < -0.39 is 8.07 Å². The van der Waals surface area contributed by atoms with Crippen LogP contribution in [0.4, 0.5) is 0 Å². The lowest BCUT2D eigenvalue weighted by molar-refractivity contribution is 0.487. The van der Waals surface area contributed by atoms with Crippen LogP contribution < -0.4 is 25.5 Å². The normalized spacial score (nSPS) is 13.3. The van der Waals surface area contributed by atoms with Crippen LogP contribution in [0, 0.1) is 0 Å². The molecule has 0 spiro atoms. The average molecular weight is 682 g/mol. The minimum absolute atomic E-state index is 0.875. The van der Waals surface area contributed by atoms with Crippen molar-refractivity contribution in [3.8, 4) is 28.3 Å². The molecule has 1 aliphatic rings. The van der Waals surface area contributed by atoms with Crippen molar-refractivity contribution in [1.29, 1.82) is 0 Å². The van der Waals surface area contributed by atoms with Crippen molar-refractivity contribution in [1.82, 2.24) is 4.57 Å². The van der Waals surface area contributed by atoms with Crippen LogP contribution in [0.2, 0.25) is 0 Å². The van der Waals surface area contributed by atoms with Gasteiger partial charge >= 0.3 is 0 Å². The van der Waals surface area contributed by atoms with E-state index >= 15 is 0 Å². The SMILES string of the molecule is c1ccc([Si]2(c3ccccc3)c3ccccc3Oc3ccc(-c4cccc5c4oc4ccc(-n6c7ccccc7c7ccccc76)cc45)cc32)cc1. The number of ether oxygens (including phenoxy) is 1. The molecule has 0 amide bonds. The van der Waals surface area contributed by atoms with Crippen LogP contribution in [0.15, 0.2) is 192 Å². The summed E-state index contributed by atoms with van der Waals surface area (Å²) in [7, 11) is -2.78. The summed E-state index contributed by atoms with van der Waals surface area (Å²) in [4.78, 5) is 0. The van der Waals surface area contributed by atoms with Gasteiger partial charge in [0, 0.05) is 32.8 Å². The molecule has 244 valence electrons. The first-order chi connectivity index (χ1) is 25.8. The summed E-state index contributed by atoms with van der Waals surface area (Å²) in [6, 6.07) is 67.8. The molecule has 1 aliphatic heterocycles. The molecule has 0 aliphatic carbocycles. The lowest BCUT2D eigenvalue weighted by Crippen LogP contribution is -2.76. The van der Waals surface area contributed by atoms with Gasteiger partial charge in [-0.25, -0.2) is 0 Å². The van der Waals surface area contributed by atoms with E-state index in [4.69, 9.17) is 9.15 Å². The van der Waals surface area contributed by atoms with Crippen LogP contribution >= 0.6 is 0 Å². The van der Waals surface area contributed by atoms with Crippen LogP contribution in [0.3, 0.4) is 0 Å². The minimum atomic E-state index is -2.78. The molecule has 2 aromatic heterocycles. The van der Waals surface area contributed by atoms with Gasteiger partial charge in [0.25, 0.3) is 0 Å². The Kier molecular flexibility index (Phi) is 6.27. The molecule has 0 atom stereocenters. The largest absolute Gasteiger partial charge is 0.458 e. The van der Waals surface area contributed by atoms with Crippen molar-refractivity contribution in [3.63, 3.8) is 0 Å². The number of para-hydroxylation sites is 4. The fraction of sp³-hybridized carbons (Fsp3) is 0. The van der Waals surface area contributed by atoms with Gasteiger partial charge in [0.2, 0.25) is 0 Å². The third-order valence-electron chi connectivity index (χ3n) is 10.9. The highest BCUT2D eigenvalue weighted by Gasteiger charge is 2.48. The smallest absolute Gasteiger partial charge is 0.188 e. The minimum Gasteiger partial charge on any atom is -0.458 e. The van der Waals surface area contributed by atoms with E-state index in [1.165, 1.54) is 42.6 Å². The van der Waals surface area contributed by atoms with Gasteiger partial charge in [0.05, 0.1) is 11.0 Å². The van der Waals surface area contributed by atoms with E-state index in [0.717, 1.165) is 50.3 Å². The summed E-state index contributed by atoms with van der Waals surface area (Å²) < 4.78 is 15.9. The molecule has 0 saturated heterocycles. The predicted octanol–water partition coefficient (Wildman–Crippen LogP) is 9.83. The molecular formula is C48H31NO2Si. The van der Waals surface area contributed by atoms with Gasteiger partial charge in [-0.2, -0.15) is 0 Å². The molecule has 11 rings (SSSR count). The number of fused-ring (bicyclic) bond motifs is 8. The molecule has 0 N–H and O–H groups in total. The first kappa shape index (κ1) is 29.1.